The Morgan fingerprint density at radius 1 is 1.14 bits per heavy atom. The molecule has 1 N–H and O–H groups in total. The molecule has 0 bridgehead atoms. The van der Waals surface area contributed by atoms with Gasteiger partial charge in [0.2, 0.25) is 0 Å². The van der Waals surface area contributed by atoms with E-state index in [1.165, 1.54) is 5.56 Å². The van der Waals surface area contributed by atoms with E-state index in [1.54, 1.807) is 0 Å². The van der Waals surface area contributed by atoms with E-state index >= 15 is 0 Å². The summed E-state index contributed by atoms with van der Waals surface area (Å²) in [6.07, 6.45) is 0.634. The maximum atomic E-state index is 9.87. The number of rotatable bonds is 4. The molecule has 0 aliphatic carbocycles. The number of aliphatic hydroxyl groups excluding tert-OH is 1. The van der Waals surface area contributed by atoms with Crippen LogP contribution in [0.25, 0.3) is 0 Å². The molecule has 0 saturated carbocycles. The Labute approximate surface area is 87.8 Å². The lowest BCUT2D eigenvalue weighted by Crippen LogP contribution is -2.27. The van der Waals surface area contributed by atoms with Gasteiger partial charge in [-0.05, 0) is 18.0 Å². The lowest BCUT2D eigenvalue weighted by atomic mass is 10.1. The number of benzene rings is 1. The molecular weight excluding hydrogens is 188 g/mol. The van der Waals surface area contributed by atoms with Gasteiger partial charge in [-0.1, -0.05) is 50.0 Å². The van der Waals surface area contributed by atoms with Crippen LogP contribution in [0.3, 0.4) is 0 Å². The average molecular weight is 208 g/mol. The van der Waals surface area contributed by atoms with Gasteiger partial charge in [0.25, 0.3) is 0 Å². The maximum absolute atomic E-state index is 9.87. The minimum atomic E-state index is -1.12. The Morgan fingerprint density at radius 2 is 1.71 bits per heavy atom. The van der Waals surface area contributed by atoms with E-state index in [1.807, 2.05) is 18.2 Å². The molecule has 2 heteroatoms. The molecule has 14 heavy (non-hydrogen) atoms. The Morgan fingerprint density at radius 3 is 2.21 bits per heavy atom. The zero-order chi connectivity index (χ0) is 10.6. The summed E-state index contributed by atoms with van der Waals surface area (Å²) in [5, 5.41) is 9.87. The Hall–Kier alpha value is -0.603. The van der Waals surface area contributed by atoms with E-state index in [0.717, 1.165) is 12.5 Å². The van der Waals surface area contributed by atoms with Gasteiger partial charge in [0, 0.05) is 8.07 Å². The lowest BCUT2D eigenvalue weighted by Gasteiger charge is -2.20. The first-order valence-electron chi connectivity index (χ1n) is 5.19. The van der Waals surface area contributed by atoms with Crippen LogP contribution in [0.2, 0.25) is 25.7 Å². The van der Waals surface area contributed by atoms with Crippen molar-refractivity contribution in [2.45, 2.75) is 38.2 Å². The topological polar surface area (TPSA) is 20.2 Å². The van der Waals surface area contributed by atoms with Crippen molar-refractivity contribution in [1.82, 2.24) is 0 Å². The van der Waals surface area contributed by atoms with Gasteiger partial charge in [0.05, 0.1) is 6.10 Å². The third kappa shape index (κ3) is 4.58. The Kier molecular flexibility index (Phi) is 3.90. The molecule has 0 aromatic heterocycles. The van der Waals surface area contributed by atoms with Crippen LogP contribution in [0.15, 0.2) is 30.3 Å². The first-order valence-corrected chi connectivity index (χ1v) is 8.90. The van der Waals surface area contributed by atoms with Gasteiger partial charge in [-0.25, -0.2) is 0 Å². The Balaban J connectivity index is 2.46. The molecule has 1 aromatic carbocycles. The fourth-order valence-corrected chi connectivity index (χ4v) is 3.22. The first-order chi connectivity index (χ1) is 6.47. The third-order valence-electron chi connectivity index (χ3n) is 2.16. The van der Waals surface area contributed by atoms with Gasteiger partial charge in [-0.2, -0.15) is 0 Å². The van der Waals surface area contributed by atoms with E-state index in [0.29, 0.717) is 0 Å². The molecule has 1 atom stereocenters. The number of hydrogen-bond donors (Lipinski definition) is 1. The predicted octanol–water partition coefficient (Wildman–Crippen LogP) is 2.93. The molecule has 0 aliphatic heterocycles. The monoisotopic (exact) mass is 208 g/mol. The van der Waals surface area contributed by atoms with Crippen molar-refractivity contribution in [3.63, 3.8) is 0 Å². The molecule has 78 valence electrons. The van der Waals surface area contributed by atoms with Gasteiger partial charge >= 0.3 is 0 Å². The molecule has 1 rings (SSSR count). The van der Waals surface area contributed by atoms with Crippen molar-refractivity contribution in [3.8, 4) is 0 Å². The summed E-state index contributed by atoms with van der Waals surface area (Å²) in [4.78, 5) is 0. The van der Waals surface area contributed by atoms with Crippen molar-refractivity contribution in [2.75, 3.05) is 0 Å². The summed E-state index contributed by atoms with van der Waals surface area (Å²) in [5.41, 5.74) is 1.23. The number of hydrogen-bond acceptors (Lipinski definition) is 1. The second kappa shape index (κ2) is 4.76. The molecule has 0 spiro atoms. The highest BCUT2D eigenvalue weighted by Gasteiger charge is 2.18. The molecule has 0 amide bonds. The number of aliphatic hydroxyl groups is 1. The van der Waals surface area contributed by atoms with Gasteiger partial charge in [0.1, 0.15) is 0 Å². The highest BCUT2D eigenvalue weighted by Crippen LogP contribution is 2.14. The highest BCUT2D eigenvalue weighted by atomic mass is 28.3. The van der Waals surface area contributed by atoms with Crippen LogP contribution >= 0.6 is 0 Å². The van der Waals surface area contributed by atoms with Crippen LogP contribution in [-0.4, -0.2) is 19.3 Å². The lowest BCUT2D eigenvalue weighted by molar-refractivity contribution is 0.193. The van der Waals surface area contributed by atoms with Gasteiger partial charge in [-0.15, -0.1) is 0 Å². The van der Waals surface area contributed by atoms with E-state index in [9.17, 15) is 5.11 Å². The van der Waals surface area contributed by atoms with Gasteiger partial charge in [0.15, 0.2) is 0 Å². The van der Waals surface area contributed by atoms with Crippen LogP contribution in [0.4, 0.5) is 0 Å². The van der Waals surface area contributed by atoms with E-state index in [2.05, 4.69) is 31.8 Å². The predicted molar refractivity (Wildman–Crippen MR) is 64.3 cm³/mol. The first kappa shape index (κ1) is 11.5. The van der Waals surface area contributed by atoms with Crippen LogP contribution in [0.5, 0.6) is 0 Å². The van der Waals surface area contributed by atoms with Gasteiger partial charge < -0.3 is 5.11 Å². The van der Waals surface area contributed by atoms with Crippen LogP contribution in [-0.2, 0) is 6.42 Å². The second-order valence-electron chi connectivity index (χ2n) is 5.11. The van der Waals surface area contributed by atoms with Crippen LogP contribution < -0.4 is 0 Å². The quantitative estimate of drug-likeness (QED) is 0.754. The van der Waals surface area contributed by atoms with E-state index < -0.39 is 8.07 Å². The van der Waals surface area contributed by atoms with Crippen molar-refractivity contribution < 1.29 is 5.11 Å². The fraction of sp³-hybridized carbons (Fsp3) is 0.500. The summed E-state index contributed by atoms with van der Waals surface area (Å²) in [6, 6.07) is 11.2. The fourth-order valence-electron chi connectivity index (χ4n) is 1.67. The zero-order valence-electron chi connectivity index (χ0n) is 9.33. The summed E-state index contributed by atoms with van der Waals surface area (Å²) >= 11 is 0. The third-order valence-corrected chi connectivity index (χ3v) is 3.86. The van der Waals surface area contributed by atoms with E-state index in [4.69, 9.17) is 0 Å². The second-order valence-corrected chi connectivity index (χ2v) is 10.6. The normalized spacial score (nSPS) is 14.0. The molecule has 0 aliphatic rings. The van der Waals surface area contributed by atoms with Crippen LogP contribution in [0.1, 0.15) is 5.56 Å². The maximum Gasteiger partial charge on any atom is 0.0557 e. The summed E-state index contributed by atoms with van der Waals surface area (Å²) in [6.45, 7) is 6.88. The van der Waals surface area contributed by atoms with Crippen molar-refractivity contribution in [1.29, 1.82) is 0 Å². The Bertz CT molecular complexity index is 263. The largest absolute Gasteiger partial charge is 0.393 e. The summed E-state index contributed by atoms with van der Waals surface area (Å²) in [7, 11) is -1.12. The van der Waals surface area contributed by atoms with Crippen molar-refractivity contribution in [3.05, 3.63) is 35.9 Å². The van der Waals surface area contributed by atoms with Crippen molar-refractivity contribution in [2.24, 2.45) is 0 Å². The van der Waals surface area contributed by atoms with Crippen LogP contribution in [0, 0.1) is 0 Å². The zero-order valence-corrected chi connectivity index (χ0v) is 10.3. The van der Waals surface area contributed by atoms with E-state index in [-0.39, 0.29) is 6.10 Å². The summed E-state index contributed by atoms with van der Waals surface area (Å²) in [5.74, 6) is 0. The SMILES string of the molecule is C[Si](C)(C)CC(O)Cc1ccccc1. The standard InChI is InChI=1S/C12H20OSi/c1-14(2,3)10-12(13)9-11-7-5-4-6-8-11/h4-8,12-13H,9-10H2,1-3H3. The molecule has 0 radical (unpaired) electrons. The van der Waals surface area contributed by atoms with Gasteiger partial charge in [-0.3, -0.25) is 0 Å². The molecule has 1 nitrogen and oxygen atoms in total. The molecule has 1 aromatic rings. The molecule has 0 heterocycles. The minimum absolute atomic E-state index is 0.163. The highest BCUT2D eigenvalue weighted by molar-refractivity contribution is 6.76. The molecule has 1 unspecified atom stereocenters. The summed E-state index contributed by atoms with van der Waals surface area (Å²) < 4.78 is 0. The molecular formula is C12H20OSi. The molecule has 0 saturated heterocycles. The smallest absolute Gasteiger partial charge is 0.0557 e. The molecule has 0 fully saturated rings. The minimum Gasteiger partial charge on any atom is -0.393 e. The average Bonchev–Trinajstić information content (AvgIpc) is 2.02. The van der Waals surface area contributed by atoms with Crippen molar-refractivity contribution >= 4 is 8.07 Å².